The molecule has 0 atom stereocenters. The largest absolute Gasteiger partial charge is 0.490 e. The van der Waals surface area contributed by atoms with Crippen LogP contribution in [0.3, 0.4) is 0 Å². The van der Waals surface area contributed by atoms with E-state index in [0.717, 1.165) is 18.6 Å². The van der Waals surface area contributed by atoms with Crippen molar-refractivity contribution < 1.29 is 31.1 Å². The number of rotatable bonds is 5. The van der Waals surface area contributed by atoms with Crippen molar-refractivity contribution in [2.24, 2.45) is 0 Å². The number of nitrogens with zero attached hydrogens (tertiary/aromatic N) is 4. The fourth-order valence-electron chi connectivity index (χ4n) is 3.17. The number of amides is 1. The molecule has 0 unspecified atom stereocenters. The molecular weight excluding hydrogens is 449 g/mol. The van der Waals surface area contributed by atoms with Gasteiger partial charge in [-0.15, -0.1) is 0 Å². The molecule has 1 aromatic heterocycles. The van der Waals surface area contributed by atoms with E-state index in [1.165, 1.54) is 23.1 Å². The topological polar surface area (TPSA) is 92.7 Å². The van der Waals surface area contributed by atoms with Gasteiger partial charge in [0.05, 0.1) is 22.1 Å². The highest BCUT2D eigenvalue weighted by Gasteiger charge is 2.32. The van der Waals surface area contributed by atoms with Crippen molar-refractivity contribution in [1.82, 2.24) is 14.9 Å². The SMILES string of the molecule is CC(C)Oc1ccc(S(C)(=O)=O)cc1C(=O)N1CCN(c2ncc(C(F)(F)F)cn2)CC1. The predicted octanol–water partition coefficient (Wildman–Crippen LogP) is 2.65. The summed E-state index contributed by atoms with van der Waals surface area (Å²) >= 11 is 0. The zero-order chi connectivity index (χ0) is 23.7. The van der Waals surface area contributed by atoms with Crippen molar-refractivity contribution in [3.8, 4) is 5.75 Å². The number of carbonyl (C=O) groups is 1. The first-order valence-electron chi connectivity index (χ1n) is 9.80. The molecule has 1 aliphatic rings. The molecule has 1 aromatic carbocycles. The number of carbonyl (C=O) groups excluding carboxylic acids is 1. The molecule has 8 nitrogen and oxygen atoms in total. The van der Waals surface area contributed by atoms with Gasteiger partial charge in [-0.25, -0.2) is 18.4 Å². The van der Waals surface area contributed by atoms with Gasteiger partial charge in [0.15, 0.2) is 9.84 Å². The molecule has 32 heavy (non-hydrogen) atoms. The molecule has 12 heteroatoms. The summed E-state index contributed by atoms with van der Waals surface area (Å²) in [6.07, 6.45) is -2.22. The second-order valence-electron chi connectivity index (χ2n) is 7.65. The Morgan fingerprint density at radius 2 is 1.69 bits per heavy atom. The van der Waals surface area contributed by atoms with Gasteiger partial charge in [0.1, 0.15) is 5.75 Å². The number of benzene rings is 1. The van der Waals surface area contributed by atoms with E-state index in [-0.39, 0.29) is 47.3 Å². The molecule has 0 aliphatic carbocycles. The van der Waals surface area contributed by atoms with Crippen LogP contribution in [-0.2, 0) is 16.0 Å². The summed E-state index contributed by atoms with van der Waals surface area (Å²) in [6.45, 7) is 4.72. The summed E-state index contributed by atoms with van der Waals surface area (Å²) in [5.41, 5.74) is -0.792. The van der Waals surface area contributed by atoms with Gasteiger partial charge in [-0.2, -0.15) is 13.2 Å². The van der Waals surface area contributed by atoms with Gasteiger partial charge in [-0.1, -0.05) is 0 Å². The summed E-state index contributed by atoms with van der Waals surface area (Å²) < 4.78 is 67.7. The second kappa shape index (κ2) is 8.93. The lowest BCUT2D eigenvalue weighted by atomic mass is 10.1. The summed E-state index contributed by atoms with van der Waals surface area (Å²) in [7, 11) is -3.52. The molecule has 0 saturated carbocycles. The fourth-order valence-corrected chi connectivity index (χ4v) is 3.82. The molecule has 2 aromatic rings. The van der Waals surface area contributed by atoms with Crippen molar-refractivity contribution in [3.63, 3.8) is 0 Å². The van der Waals surface area contributed by atoms with Crippen LogP contribution in [-0.4, -0.2) is 67.7 Å². The molecular formula is C20H23F3N4O4S. The number of hydrogen-bond donors (Lipinski definition) is 0. The number of sulfone groups is 1. The van der Waals surface area contributed by atoms with Crippen LogP contribution in [0.15, 0.2) is 35.5 Å². The first-order valence-corrected chi connectivity index (χ1v) is 11.7. The van der Waals surface area contributed by atoms with E-state index in [9.17, 15) is 26.4 Å². The highest BCUT2D eigenvalue weighted by Crippen LogP contribution is 2.29. The number of ether oxygens (including phenoxy) is 1. The summed E-state index contributed by atoms with van der Waals surface area (Å²) in [5.74, 6) is 0.0399. The Balaban J connectivity index is 1.76. The van der Waals surface area contributed by atoms with Gasteiger partial charge in [0.2, 0.25) is 5.95 Å². The summed E-state index contributed by atoms with van der Waals surface area (Å²) in [5, 5.41) is 0. The van der Waals surface area contributed by atoms with E-state index < -0.39 is 21.6 Å². The lowest BCUT2D eigenvalue weighted by Crippen LogP contribution is -2.49. The van der Waals surface area contributed by atoms with E-state index in [2.05, 4.69) is 9.97 Å². The van der Waals surface area contributed by atoms with Gasteiger partial charge < -0.3 is 14.5 Å². The van der Waals surface area contributed by atoms with Crippen LogP contribution < -0.4 is 9.64 Å². The monoisotopic (exact) mass is 472 g/mol. The van der Waals surface area contributed by atoms with Crippen molar-refractivity contribution in [2.45, 2.75) is 31.0 Å². The van der Waals surface area contributed by atoms with Crippen molar-refractivity contribution in [3.05, 3.63) is 41.7 Å². The Kier molecular flexibility index (Phi) is 6.63. The third kappa shape index (κ3) is 5.47. The quantitative estimate of drug-likeness (QED) is 0.661. The van der Waals surface area contributed by atoms with Crippen LogP contribution in [0.25, 0.3) is 0 Å². The first-order chi connectivity index (χ1) is 14.9. The van der Waals surface area contributed by atoms with Gasteiger partial charge in [0.25, 0.3) is 5.91 Å². The Bertz CT molecular complexity index is 1080. The minimum atomic E-state index is -4.51. The number of alkyl halides is 3. The zero-order valence-corrected chi connectivity index (χ0v) is 18.6. The minimum absolute atomic E-state index is 0.00810. The molecule has 1 saturated heterocycles. The number of anilines is 1. The predicted molar refractivity (Wildman–Crippen MR) is 110 cm³/mol. The Morgan fingerprint density at radius 1 is 1.09 bits per heavy atom. The van der Waals surface area contributed by atoms with E-state index >= 15 is 0 Å². The van der Waals surface area contributed by atoms with E-state index in [0.29, 0.717) is 13.1 Å². The van der Waals surface area contributed by atoms with Gasteiger partial charge in [0, 0.05) is 44.8 Å². The zero-order valence-electron chi connectivity index (χ0n) is 17.8. The highest BCUT2D eigenvalue weighted by molar-refractivity contribution is 7.90. The lowest BCUT2D eigenvalue weighted by Gasteiger charge is -2.35. The molecule has 0 N–H and O–H groups in total. The number of hydrogen-bond acceptors (Lipinski definition) is 7. The van der Waals surface area contributed by atoms with Crippen LogP contribution in [0.5, 0.6) is 5.75 Å². The Labute approximate surface area is 183 Å². The second-order valence-corrected chi connectivity index (χ2v) is 9.66. The molecule has 0 spiro atoms. The maximum Gasteiger partial charge on any atom is 0.419 e. The van der Waals surface area contributed by atoms with Crippen LogP contribution >= 0.6 is 0 Å². The van der Waals surface area contributed by atoms with Crippen LogP contribution in [0, 0.1) is 0 Å². The number of aromatic nitrogens is 2. The third-order valence-electron chi connectivity index (χ3n) is 4.79. The maximum atomic E-state index is 13.2. The highest BCUT2D eigenvalue weighted by atomic mass is 32.2. The molecule has 1 fully saturated rings. The summed E-state index contributed by atoms with van der Waals surface area (Å²) in [6, 6.07) is 4.17. The smallest absolute Gasteiger partial charge is 0.419 e. The Hall–Kier alpha value is -2.89. The van der Waals surface area contributed by atoms with E-state index in [4.69, 9.17) is 4.74 Å². The van der Waals surface area contributed by atoms with Crippen molar-refractivity contribution >= 4 is 21.7 Å². The standard InChI is InChI=1S/C20H23F3N4O4S/c1-13(2)31-17-5-4-15(32(3,29)30)10-16(17)18(28)26-6-8-27(9-7-26)19-24-11-14(12-25-19)20(21,22)23/h4-5,10-13H,6-9H2,1-3H3. The molecule has 1 amide bonds. The first kappa shape index (κ1) is 23.8. The van der Waals surface area contributed by atoms with E-state index in [1.807, 2.05) is 0 Å². The van der Waals surface area contributed by atoms with Crippen LogP contribution in [0.4, 0.5) is 19.1 Å². The molecule has 0 radical (unpaired) electrons. The molecule has 2 heterocycles. The van der Waals surface area contributed by atoms with Gasteiger partial charge in [-0.05, 0) is 32.0 Å². The maximum absolute atomic E-state index is 13.2. The molecule has 0 bridgehead atoms. The van der Waals surface area contributed by atoms with Crippen LogP contribution in [0.1, 0.15) is 29.8 Å². The fraction of sp³-hybridized carbons (Fsp3) is 0.450. The minimum Gasteiger partial charge on any atom is -0.490 e. The molecule has 3 rings (SSSR count). The Morgan fingerprint density at radius 3 is 2.19 bits per heavy atom. The summed E-state index contributed by atoms with van der Waals surface area (Å²) in [4.78, 5) is 24.0. The molecule has 1 aliphatic heterocycles. The van der Waals surface area contributed by atoms with Crippen molar-refractivity contribution in [2.75, 3.05) is 37.3 Å². The number of halogens is 3. The van der Waals surface area contributed by atoms with Crippen molar-refractivity contribution in [1.29, 1.82) is 0 Å². The lowest BCUT2D eigenvalue weighted by molar-refractivity contribution is -0.138. The number of piperazine rings is 1. The van der Waals surface area contributed by atoms with Crippen LogP contribution in [0.2, 0.25) is 0 Å². The normalized spacial score (nSPS) is 15.2. The average molecular weight is 472 g/mol. The van der Waals surface area contributed by atoms with Gasteiger partial charge in [-0.3, -0.25) is 4.79 Å². The third-order valence-corrected chi connectivity index (χ3v) is 5.90. The van der Waals surface area contributed by atoms with Gasteiger partial charge >= 0.3 is 6.18 Å². The van der Waals surface area contributed by atoms with E-state index in [1.54, 1.807) is 18.7 Å². The molecule has 174 valence electrons. The average Bonchev–Trinajstić information content (AvgIpc) is 2.72.